The first-order valence-corrected chi connectivity index (χ1v) is 7.39. The van der Waals surface area contributed by atoms with Crippen LogP contribution in [0.25, 0.3) is 0 Å². The summed E-state index contributed by atoms with van der Waals surface area (Å²) in [5.74, 6) is 0.593. The number of rotatable bonds is 5. The van der Waals surface area contributed by atoms with Crippen LogP contribution in [0.4, 0.5) is 17.1 Å². The Bertz CT molecular complexity index is 476. The first kappa shape index (κ1) is 14.6. The Kier molecular flexibility index (Phi) is 4.82. The normalized spacial score (nSPS) is 18.9. The fourth-order valence-corrected chi connectivity index (χ4v) is 2.79. The number of nitro benzene ring substituents is 1. The number of benzene rings is 1. The van der Waals surface area contributed by atoms with E-state index in [-0.39, 0.29) is 10.6 Å². The Morgan fingerprint density at radius 3 is 2.95 bits per heavy atom. The van der Waals surface area contributed by atoms with Crippen LogP contribution in [0, 0.1) is 16.0 Å². The maximum absolute atomic E-state index is 11.5. The first-order chi connectivity index (χ1) is 9.63. The third-order valence-electron chi connectivity index (χ3n) is 3.76. The highest BCUT2D eigenvalue weighted by Gasteiger charge is 2.26. The highest BCUT2D eigenvalue weighted by Crippen LogP contribution is 2.37. The summed E-state index contributed by atoms with van der Waals surface area (Å²) < 4.78 is 0. The van der Waals surface area contributed by atoms with Crippen molar-refractivity contribution in [2.45, 2.75) is 33.1 Å². The van der Waals surface area contributed by atoms with Crippen molar-refractivity contribution in [3.05, 3.63) is 28.3 Å². The second-order valence-electron chi connectivity index (χ2n) is 5.55. The van der Waals surface area contributed by atoms with E-state index in [4.69, 9.17) is 0 Å². The predicted molar refractivity (Wildman–Crippen MR) is 82.5 cm³/mol. The zero-order valence-electron chi connectivity index (χ0n) is 12.3. The fourth-order valence-electron chi connectivity index (χ4n) is 2.79. The van der Waals surface area contributed by atoms with E-state index < -0.39 is 0 Å². The van der Waals surface area contributed by atoms with Gasteiger partial charge >= 0.3 is 5.69 Å². The van der Waals surface area contributed by atoms with Crippen molar-refractivity contribution in [3.63, 3.8) is 0 Å². The molecule has 0 radical (unpaired) electrons. The van der Waals surface area contributed by atoms with Crippen LogP contribution < -0.4 is 10.2 Å². The Morgan fingerprint density at radius 2 is 2.30 bits per heavy atom. The summed E-state index contributed by atoms with van der Waals surface area (Å²) in [5.41, 5.74) is 1.60. The van der Waals surface area contributed by atoms with Gasteiger partial charge in [0.15, 0.2) is 0 Å². The molecule has 1 aromatic rings. The Labute approximate surface area is 120 Å². The van der Waals surface area contributed by atoms with Crippen molar-refractivity contribution in [3.8, 4) is 0 Å². The van der Waals surface area contributed by atoms with Gasteiger partial charge < -0.3 is 10.2 Å². The largest absolute Gasteiger partial charge is 0.379 e. The second kappa shape index (κ2) is 6.59. The molecular formula is C15H23N3O2. The molecule has 0 spiro atoms. The fraction of sp³-hybridized carbons (Fsp3) is 0.600. The third-order valence-corrected chi connectivity index (χ3v) is 3.76. The van der Waals surface area contributed by atoms with E-state index in [1.165, 1.54) is 6.42 Å². The lowest BCUT2D eigenvalue weighted by molar-refractivity contribution is -0.383. The molecule has 1 aliphatic heterocycles. The zero-order valence-corrected chi connectivity index (χ0v) is 12.3. The van der Waals surface area contributed by atoms with Gasteiger partial charge in [0.25, 0.3) is 0 Å². The first-order valence-electron chi connectivity index (χ1n) is 7.39. The molecule has 1 aliphatic rings. The lowest BCUT2D eigenvalue weighted by Gasteiger charge is -2.32. The minimum Gasteiger partial charge on any atom is -0.379 e. The van der Waals surface area contributed by atoms with E-state index in [2.05, 4.69) is 24.1 Å². The van der Waals surface area contributed by atoms with Gasteiger partial charge in [0.05, 0.1) is 4.92 Å². The number of nitrogens with zero attached hydrogens (tertiary/aromatic N) is 2. The molecule has 5 nitrogen and oxygen atoms in total. The summed E-state index contributed by atoms with van der Waals surface area (Å²) in [6, 6.07) is 5.57. The average Bonchev–Trinajstić information content (AvgIpc) is 2.44. The summed E-state index contributed by atoms with van der Waals surface area (Å²) in [5, 5.41) is 14.6. The number of nitrogens with one attached hydrogen (secondary N) is 1. The molecule has 1 unspecified atom stereocenters. The molecule has 0 aromatic heterocycles. The summed E-state index contributed by atoms with van der Waals surface area (Å²) in [6.45, 7) is 6.81. The molecule has 0 amide bonds. The van der Waals surface area contributed by atoms with Crippen molar-refractivity contribution in [1.82, 2.24) is 0 Å². The summed E-state index contributed by atoms with van der Waals surface area (Å²) in [7, 11) is 0. The van der Waals surface area contributed by atoms with Crippen LogP contribution in [0.1, 0.15) is 33.1 Å². The number of hydrogen-bond acceptors (Lipinski definition) is 4. The standard InChI is InChI=1S/C15H23N3O2/c1-3-9-16-13-7-4-8-14(15(13)18(19)20)17-10-5-6-12(2)11-17/h4,7-8,12,16H,3,5-6,9-11H2,1-2H3. The van der Waals surface area contributed by atoms with E-state index in [9.17, 15) is 10.1 Å². The molecule has 1 N–H and O–H groups in total. The molecule has 110 valence electrons. The monoisotopic (exact) mass is 277 g/mol. The van der Waals surface area contributed by atoms with Crippen LogP contribution >= 0.6 is 0 Å². The van der Waals surface area contributed by atoms with Gasteiger partial charge in [-0.2, -0.15) is 0 Å². The van der Waals surface area contributed by atoms with Gasteiger partial charge in [-0.1, -0.05) is 19.9 Å². The van der Waals surface area contributed by atoms with Crippen LogP contribution in [0.3, 0.4) is 0 Å². The molecule has 1 saturated heterocycles. The molecule has 1 atom stereocenters. The number of para-hydroxylation sites is 1. The quantitative estimate of drug-likeness (QED) is 0.659. The second-order valence-corrected chi connectivity index (χ2v) is 5.55. The van der Waals surface area contributed by atoms with E-state index in [1.54, 1.807) is 6.07 Å². The van der Waals surface area contributed by atoms with Gasteiger partial charge in [-0.3, -0.25) is 10.1 Å². The van der Waals surface area contributed by atoms with Gasteiger partial charge in [-0.15, -0.1) is 0 Å². The number of piperidine rings is 1. The SMILES string of the molecule is CCCNc1cccc(N2CCCC(C)C2)c1[N+](=O)[O-]. The highest BCUT2D eigenvalue weighted by molar-refractivity contribution is 5.77. The van der Waals surface area contributed by atoms with E-state index in [1.807, 2.05) is 12.1 Å². The van der Waals surface area contributed by atoms with Crippen LogP contribution in [0.5, 0.6) is 0 Å². The van der Waals surface area contributed by atoms with E-state index >= 15 is 0 Å². The molecule has 1 heterocycles. The molecular weight excluding hydrogens is 254 g/mol. The topological polar surface area (TPSA) is 58.4 Å². The van der Waals surface area contributed by atoms with Gasteiger partial charge in [0.1, 0.15) is 11.4 Å². The molecule has 2 rings (SSSR count). The molecule has 20 heavy (non-hydrogen) atoms. The van der Waals surface area contributed by atoms with Crippen molar-refractivity contribution in [2.24, 2.45) is 5.92 Å². The summed E-state index contributed by atoms with van der Waals surface area (Å²) in [4.78, 5) is 13.4. The molecule has 1 fully saturated rings. The van der Waals surface area contributed by atoms with Crippen molar-refractivity contribution in [2.75, 3.05) is 29.9 Å². The minimum absolute atomic E-state index is 0.218. The van der Waals surface area contributed by atoms with E-state index in [0.29, 0.717) is 11.6 Å². The third kappa shape index (κ3) is 3.21. The number of anilines is 2. The minimum atomic E-state index is -0.257. The summed E-state index contributed by atoms with van der Waals surface area (Å²) in [6.07, 6.45) is 3.26. The van der Waals surface area contributed by atoms with Crippen LogP contribution in [-0.2, 0) is 0 Å². The Morgan fingerprint density at radius 1 is 1.50 bits per heavy atom. The van der Waals surface area contributed by atoms with Crippen molar-refractivity contribution < 1.29 is 4.92 Å². The molecule has 0 bridgehead atoms. The van der Waals surface area contributed by atoms with Gasteiger partial charge in [-0.05, 0) is 37.3 Å². The Balaban J connectivity index is 2.33. The molecule has 5 heteroatoms. The maximum Gasteiger partial charge on any atom is 0.315 e. The summed E-state index contributed by atoms with van der Waals surface area (Å²) >= 11 is 0. The van der Waals surface area contributed by atoms with Crippen LogP contribution in [-0.4, -0.2) is 24.6 Å². The zero-order chi connectivity index (χ0) is 14.5. The van der Waals surface area contributed by atoms with Crippen LogP contribution in [0.2, 0.25) is 0 Å². The predicted octanol–water partition coefficient (Wildman–Crippen LogP) is 3.65. The van der Waals surface area contributed by atoms with E-state index in [0.717, 1.165) is 38.2 Å². The van der Waals surface area contributed by atoms with Gasteiger partial charge in [0, 0.05) is 19.6 Å². The van der Waals surface area contributed by atoms with Gasteiger partial charge in [0.2, 0.25) is 0 Å². The lowest BCUT2D eigenvalue weighted by atomic mass is 9.99. The Hall–Kier alpha value is -1.78. The average molecular weight is 277 g/mol. The van der Waals surface area contributed by atoms with Crippen molar-refractivity contribution >= 4 is 17.1 Å². The smallest absolute Gasteiger partial charge is 0.315 e. The highest BCUT2D eigenvalue weighted by atomic mass is 16.6. The number of hydrogen-bond donors (Lipinski definition) is 1. The van der Waals surface area contributed by atoms with Crippen molar-refractivity contribution in [1.29, 1.82) is 0 Å². The molecule has 0 saturated carbocycles. The molecule has 0 aliphatic carbocycles. The van der Waals surface area contributed by atoms with Gasteiger partial charge in [-0.25, -0.2) is 0 Å². The lowest BCUT2D eigenvalue weighted by Crippen LogP contribution is -2.34. The van der Waals surface area contributed by atoms with Crippen LogP contribution in [0.15, 0.2) is 18.2 Å². The number of nitro groups is 1. The maximum atomic E-state index is 11.5. The molecule has 1 aromatic carbocycles.